The molecular formula is C37H38ClN5O3S2. The maximum Gasteiger partial charge on any atom is 0.354 e. The van der Waals surface area contributed by atoms with E-state index in [4.69, 9.17) is 31.3 Å². The highest BCUT2D eigenvalue weighted by Gasteiger charge is 2.28. The number of aromatic nitrogens is 5. The van der Waals surface area contributed by atoms with Crippen LogP contribution in [0.5, 0.6) is 5.75 Å². The predicted molar refractivity (Wildman–Crippen MR) is 197 cm³/mol. The number of fused-ring (bicyclic) bond motifs is 11. The lowest BCUT2D eigenvalue weighted by Gasteiger charge is -2.14. The molecule has 3 aromatic heterocycles. The Morgan fingerprint density at radius 2 is 1.81 bits per heavy atom. The molecule has 0 saturated heterocycles. The van der Waals surface area contributed by atoms with Crippen molar-refractivity contribution < 1.29 is 14.3 Å². The van der Waals surface area contributed by atoms with Crippen LogP contribution in [-0.2, 0) is 43.3 Å². The van der Waals surface area contributed by atoms with Crippen molar-refractivity contribution in [1.82, 2.24) is 24.1 Å². The van der Waals surface area contributed by atoms with Gasteiger partial charge in [0.15, 0.2) is 0 Å². The minimum absolute atomic E-state index is 0.357. The molecule has 1 aliphatic heterocycles. The van der Waals surface area contributed by atoms with E-state index in [0.29, 0.717) is 36.7 Å². The van der Waals surface area contributed by atoms with Gasteiger partial charge in [-0.2, -0.15) is 22.0 Å². The quantitative estimate of drug-likeness (QED) is 0.168. The van der Waals surface area contributed by atoms with Gasteiger partial charge in [0.25, 0.3) is 0 Å². The highest BCUT2D eigenvalue weighted by Crippen LogP contribution is 2.42. The van der Waals surface area contributed by atoms with Crippen LogP contribution in [0.4, 0.5) is 0 Å². The molecule has 3 aromatic carbocycles. The number of thioether (sulfide) groups is 2. The molecule has 1 aliphatic rings. The molecule has 6 bridgehead atoms. The summed E-state index contributed by atoms with van der Waals surface area (Å²) >= 11 is 10.6. The summed E-state index contributed by atoms with van der Waals surface area (Å²) in [5.41, 5.74) is 8.44. The summed E-state index contributed by atoms with van der Waals surface area (Å²) in [5.74, 6) is 2.85. The fourth-order valence-corrected chi connectivity index (χ4v) is 8.86. The molecule has 4 heterocycles. The molecule has 0 unspecified atom stereocenters. The van der Waals surface area contributed by atoms with E-state index in [-0.39, 0.29) is 5.97 Å². The van der Waals surface area contributed by atoms with E-state index in [1.54, 1.807) is 23.5 Å². The number of nitrogens with zero attached hydrogens (tertiary/aromatic N) is 5. The third-order valence-electron chi connectivity index (χ3n) is 9.16. The molecule has 0 radical (unpaired) electrons. The third kappa shape index (κ3) is 5.99. The number of ether oxygens (including phenoxy) is 2. The first kappa shape index (κ1) is 32.7. The minimum Gasteiger partial charge on any atom is -0.493 e. The number of hydrogen-bond acceptors (Lipinski definition) is 7. The predicted octanol–water partition coefficient (Wildman–Crippen LogP) is 8.54. The van der Waals surface area contributed by atoms with Crippen molar-refractivity contribution in [1.29, 1.82) is 0 Å². The van der Waals surface area contributed by atoms with Gasteiger partial charge in [-0.05, 0) is 61.9 Å². The number of aryl methyl sites for hydroxylation is 5. The fraction of sp³-hybridized carbons (Fsp3) is 0.324. The summed E-state index contributed by atoms with van der Waals surface area (Å²) in [5, 5.41) is 13.4. The summed E-state index contributed by atoms with van der Waals surface area (Å²) in [6.45, 7) is 5.16. The van der Waals surface area contributed by atoms with Crippen LogP contribution in [0, 0.1) is 13.8 Å². The molecule has 0 amide bonds. The Bertz CT molecular complexity index is 2180. The number of esters is 1. The second-order valence-corrected chi connectivity index (χ2v) is 14.7. The van der Waals surface area contributed by atoms with Crippen LogP contribution in [0.15, 0.2) is 59.5 Å². The Hall–Kier alpha value is -3.86. The molecule has 0 saturated carbocycles. The third-order valence-corrected chi connectivity index (χ3v) is 11.5. The standard InChI is InChI=1S/C37H38ClN5O3S2/c1-22-33(23(2)41(3)39-22)34-31(38)13-12-30-29-11-8-15-46-32-19-27(17-24-9-6-7-10-28(24)32)48-21-26-18-25(40-42(26)4)20-47-16-14-43(35(30)34)36(29)37(44)45-5/h6-7,9-10,12-13,17-19H,8,11,14-16,20-21H2,1-5H3. The van der Waals surface area contributed by atoms with Gasteiger partial charge < -0.3 is 14.0 Å². The maximum atomic E-state index is 13.7. The van der Waals surface area contributed by atoms with Gasteiger partial charge in [0.1, 0.15) is 11.4 Å². The van der Waals surface area contributed by atoms with E-state index in [1.165, 1.54) is 12.8 Å². The lowest BCUT2D eigenvalue weighted by atomic mass is 9.98. The van der Waals surface area contributed by atoms with Crippen molar-refractivity contribution in [3.8, 4) is 16.9 Å². The average Bonchev–Trinajstić information content (AvgIpc) is 3.68. The average molecular weight is 700 g/mol. The first-order chi connectivity index (χ1) is 23.2. The highest BCUT2D eigenvalue weighted by atomic mass is 35.5. The fourth-order valence-electron chi connectivity index (χ4n) is 6.82. The van der Waals surface area contributed by atoms with Crippen LogP contribution in [-0.4, -0.2) is 49.6 Å². The zero-order chi connectivity index (χ0) is 33.5. The van der Waals surface area contributed by atoms with Crippen molar-refractivity contribution >= 4 is 62.8 Å². The summed E-state index contributed by atoms with van der Waals surface area (Å²) in [6, 6.07) is 18.9. The molecule has 0 spiro atoms. The van der Waals surface area contributed by atoms with E-state index in [1.807, 2.05) is 48.6 Å². The van der Waals surface area contributed by atoms with Gasteiger partial charge in [-0.15, -0.1) is 11.8 Å². The van der Waals surface area contributed by atoms with Crippen LogP contribution >= 0.6 is 35.1 Å². The number of methoxy groups -OCH3 is 1. The van der Waals surface area contributed by atoms with Crippen LogP contribution in [0.25, 0.3) is 32.8 Å². The van der Waals surface area contributed by atoms with Crippen LogP contribution < -0.4 is 4.74 Å². The van der Waals surface area contributed by atoms with E-state index < -0.39 is 0 Å². The van der Waals surface area contributed by atoms with Gasteiger partial charge in [0.2, 0.25) is 0 Å². The topological polar surface area (TPSA) is 76.1 Å². The largest absolute Gasteiger partial charge is 0.493 e. The Kier molecular flexibility index (Phi) is 9.24. The van der Waals surface area contributed by atoms with Gasteiger partial charge in [0, 0.05) is 76.1 Å². The summed E-state index contributed by atoms with van der Waals surface area (Å²) in [7, 11) is 5.40. The number of carbonyl (C=O) groups excluding carboxylic acids is 1. The molecule has 8 nitrogen and oxygen atoms in total. The normalized spacial score (nSPS) is 14.4. The van der Waals surface area contributed by atoms with E-state index in [0.717, 1.165) is 83.4 Å². The highest BCUT2D eigenvalue weighted by molar-refractivity contribution is 7.98. The van der Waals surface area contributed by atoms with Crippen molar-refractivity contribution in [2.45, 2.75) is 49.6 Å². The van der Waals surface area contributed by atoms with E-state index in [9.17, 15) is 4.79 Å². The Balaban J connectivity index is 1.37. The van der Waals surface area contributed by atoms with E-state index >= 15 is 0 Å². The molecule has 0 atom stereocenters. The maximum absolute atomic E-state index is 13.7. The van der Waals surface area contributed by atoms with Gasteiger partial charge in [-0.3, -0.25) is 9.36 Å². The summed E-state index contributed by atoms with van der Waals surface area (Å²) in [4.78, 5) is 14.8. The van der Waals surface area contributed by atoms with Crippen molar-refractivity contribution in [3.05, 3.63) is 93.7 Å². The van der Waals surface area contributed by atoms with Crippen molar-refractivity contribution in [2.75, 3.05) is 19.5 Å². The van der Waals surface area contributed by atoms with Crippen LogP contribution in [0.3, 0.4) is 0 Å². The zero-order valence-corrected chi connectivity index (χ0v) is 30.2. The monoisotopic (exact) mass is 699 g/mol. The molecule has 0 aliphatic carbocycles. The number of carbonyl (C=O) groups is 1. The van der Waals surface area contributed by atoms with Crippen LogP contribution in [0.2, 0.25) is 5.02 Å². The molecule has 6 aromatic rings. The number of halogens is 1. The molecule has 0 N–H and O–H groups in total. The lowest BCUT2D eigenvalue weighted by Crippen LogP contribution is -2.15. The Morgan fingerprint density at radius 3 is 2.60 bits per heavy atom. The smallest absolute Gasteiger partial charge is 0.354 e. The van der Waals surface area contributed by atoms with Crippen molar-refractivity contribution in [2.24, 2.45) is 14.1 Å². The van der Waals surface area contributed by atoms with Gasteiger partial charge in [-0.1, -0.05) is 41.9 Å². The molecule has 248 valence electrons. The van der Waals surface area contributed by atoms with Gasteiger partial charge in [-0.25, -0.2) is 4.79 Å². The second kappa shape index (κ2) is 13.6. The van der Waals surface area contributed by atoms with Crippen LogP contribution in [0.1, 0.15) is 45.2 Å². The SMILES string of the molecule is COC(=O)c1c2c3ccc(Cl)c(-c4c(C)nn(C)c4C)c3n1CCSCc1cc(n(C)n1)CSc1cc(c3ccccc3c1)OCCC2. The number of benzene rings is 3. The molecule has 0 fully saturated rings. The first-order valence-electron chi connectivity index (χ1n) is 16.1. The Morgan fingerprint density at radius 1 is 0.979 bits per heavy atom. The second-order valence-electron chi connectivity index (χ2n) is 12.1. The number of rotatable bonds is 2. The molecular weight excluding hydrogens is 662 g/mol. The minimum atomic E-state index is -0.357. The summed E-state index contributed by atoms with van der Waals surface area (Å²) in [6.07, 6.45) is 1.35. The number of hydrogen-bond donors (Lipinski definition) is 0. The molecule has 7 rings (SSSR count). The summed E-state index contributed by atoms with van der Waals surface area (Å²) < 4.78 is 18.0. The first-order valence-corrected chi connectivity index (χ1v) is 18.6. The van der Waals surface area contributed by atoms with Crippen molar-refractivity contribution in [3.63, 3.8) is 0 Å². The van der Waals surface area contributed by atoms with Gasteiger partial charge in [0.05, 0.1) is 35.6 Å². The lowest BCUT2D eigenvalue weighted by molar-refractivity contribution is 0.0588. The van der Waals surface area contributed by atoms with Gasteiger partial charge >= 0.3 is 5.97 Å². The van der Waals surface area contributed by atoms with E-state index in [2.05, 4.69) is 47.9 Å². The Labute approximate surface area is 293 Å². The molecule has 11 heteroatoms. The molecule has 48 heavy (non-hydrogen) atoms. The zero-order valence-electron chi connectivity index (χ0n) is 27.8.